The van der Waals surface area contributed by atoms with E-state index in [1.54, 1.807) is 36.4 Å². The summed E-state index contributed by atoms with van der Waals surface area (Å²) in [5.41, 5.74) is 4.81. The first-order valence-corrected chi connectivity index (χ1v) is 12.5. The summed E-state index contributed by atoms with van der Waals surface area (Å²) in [5.74, 6) is -0.793. The number of nitrogens with one attached hydrogen (secondary N) is 2. The molecule has 2 amide bonds. The molecule has 0 radical (unpaired) electrons. The van der Waals surface area contributed by atoms with Gasteiger partial charge in [-0.15, -0.1) is 0 Å². The van der Waals surface area contributed by atoms with Gasteiger partial charge < -0.3 is 10.6 Å². The Balaban J connectivity index is 1.30. The summed E-state index contributed by atoms with van der Waals surface area (Å²) in [7, 11) is 0. The molecule has 186 valence electrons. The van der Waals surface area contributed by atoms with E-state index in [9.17, 15) is 9.59 Å². The monoisotopic (exact) mass is 539 g/mol. The van der Waals surface area contributed by atoms with Crippen LogP contribution in [0.15, 0.2) is 91.0 Å². The fraction of sp³-hybridized carbons (Fsp3) is 0.0345. The maximum Gasteiger partial charge on any atom is 0.253 e. The summed E-state index contributed by atoms with van der Waals surface area (Å²) in [6.45, 7) is -0.204. The number of hydrogen-bond donors (Lipinski definition) is 2. The summed E-state index contributed by atoms with van der Waals surface area (Å²) in [6, 6.07) is 27.6. The second kappa shape index (κ2) is 9.78. The molecule has 4 aromatic carbocycles. The van der Waals surface area contributed by atoms with Crippen molar-refractivity contribution in [3.8, 4) is 11.3 Å². The van der Waals surface area contributed by atoms with Crippen LogP contribution in [0.2, 0.25) is 10.0 Å². The number of anilines is 1. The molecule has 0 bridgehead atoms. The molecule has 6 rings (SSSR count). The average Bonchev–Trinajstić information content (AvgIpc) is 3.30. The minimum absolute atomic E-state index is 0.204. The molecular formula is C29H19Cl2N5O2. The molecule has 6 aromatic rings. The zero-order chi connectivity index (χ0) is 26.2. The molecule has 2 heterocycles. The van der Waals surface area contributed by atoms with E-state index >= 15 is 0 Å². The highest BCUT2D eigenvalue weighted by molar-refractivity contribution is 6.33. The Bertz CT molecular complexity index is 1870. The fourth-order valence-electron chi connectivity index (χ4n) is 4.39. The van der Waals surface area contributed by atoms with Crippen molar-refractivity contribution in [2.75, 3.05) is 11.9 Å². The number of halogens is 2. The van der Waals surface area contributed by atoms with Crippen LogP contribution in [0.25, 0.3) is 38.7 Å². The van der Waals surface area contributed by atoms with Crippen molar-refractivity contribution in [1.29, 1.82) is 0 Å². The lowest BCUT2D eigenvalue weighted by Crippen LogP contribution is -2.33. The summed E-state index contributed by atoms with van der Waals surface area (Å²) in [6.07, 6.45) is 0. The van der Waals surface area contributed by atoms with Gasteiger partial charge in [-0.3, -0.25) is 9.59 Å². The van der Waals surface area contributed by atoms with Gasteiger partial charge in [-0.25, -0.2) is 9.50 Å². The first-order valence-electron chi connectivity index (χ1n) is 11.8. The van der Waals surface area contributed by atoms with Gasteiger partial charge in [0.15, 0.2) is 5.65 Å². The van der Waals surface area contributed by atoms with E-state index in [1.807, 2.05) is 59.1 Å². The van der Waals surface area contributed by atoms with Crippen molar-refractivity contribution >= 4 is 68.2 Å². The molecule has 0 atom stereocenters. The van der Waals surface area contributed by atoms with Crippen LogP contribution in [0.3, 0.4) is 0 Å². The Kier molecular flexibility index (Phi) is 6.15. The van der Waals surface area contributed by atoms with E-state index in [4.69, 9.17) is 33.3 Å². The second-order valence-corrected chi connectivity index (χ2v) is 9.51. The lowest BCUT2D eigenvalue weighted by molar-refractivity contribution is -0.115. The highest BCUT2D eigenvalue weighted by Gasteiger charge is 2.16. The summed E-state index contributed by atoms with van der Waals surface area (Å²) in [5, 5.41) is 13.2. The molecule has 0 spiro atoms. The Morgan fingerprint density at radius 1 is 0.842 bits per heavy atom. The van der Waals surface area contributed by atoms with Crippen LogP contribution in [0.1, 0.15) is 10.4 Å². The smallest absolute Gasteiger partial charge is 0.253 e. The molecule has 0 aliphatic rings. The van der Waals surface area contributed by atoms with Crippen LogP contribution in [0.5, 0.6) is 0 Å². The lowest BCUT2D eigenvalue weighted by Gasteiger charge is -2.09. The van der Waals surface area contributed by atoms with Crippen LogP contribution in [0, 0.1) is 0 Å². The van der Waals surface area contributed by atoms with Crippen LogP contribution < -0.4 is 10.6 Å². The van der Waals surface area contributed by atoms with Gasteiger partial charge in [0.05, 0.1) is 33.9 Å². The predicted octanol–water partition coefficient (Wildman–Crippen LogP) is 6.38. The van der Waals surface area contributed by atoms with Gasteiger partial charge in [0, 0.05) is 27.0 Å². The minimum atomic E-state index is -0.420. The van der Waals surface area contributed by atoms with Gasteiger partial charge in [0.2, 0.25) is 5.91 Å². The maximum absolute atomic E-state index is 12.5. The number of rotatable bonds is 5. The molecule has 7 nitrogen and oxygen atoms in total. The van der Waals surface area contributed by atoms with Crippen molar-refractivity contribution in [3.05, 3.63) is 107 Å². The average molecular weight is 540 g/mol. The predicted molar refractivity (Wildman–Crippen MR) is 151 cm³/mol. The SMILES string of the molecule is O=C(CNC(=O)c1ccccc1Cl)Nc1ccc2c(c1)nc1c3ccccc3c(-c3ccc(Cl)cc3)nn21. The van der Waals surface area contributed by atoms with Gasteiger partial charge in [-0.1, -0.05) is 71.7 Å². The molecule has 0 unspecified atom stereocenters. The summed E-state index contributed by atoms with van der Waals surface area (Å²) < 4.78 is 1.82. The summed E-state index contributed by atoms with van der Waals surface area (Å²) in [4.78, 5) is 29.7. The number of aromatic nitrogens is 3. The molecule has 0 saturated heterocycles. The normalized spacial score (nSPS) is 11.2. The zero-order valence-corrected chi connectivity index (χ0v) is 21.3. The van der Waals surface area contributed by atoms with Crippen molar-refractivity contribution < 1.29 is 9.59 Å². The first-order chi connectivity index (χ1) is 18.5. The van der Waals surface area contributed by atoms with Gasteiger partial charge in [0.1, 0.15) is 0 Å². The van der Waals surface area contributed by atoms with Gasteiger partial charge in [-0.2, -0.15) is 5.10 Å². The molecule has 0 aliphatic carbocycles. The van der Waals surface area contributed by atoms with Crippen LogP contribution >= 0.6 is 23.2 Å². The van der Waals surface area contributed by atoms with E-state index < -0.39 is 5.91 Å². The Hall–Kier alpha value is -4.46. The minimum Gasteiger partial charge on any atom is -0.343 e. The molecule has 2 aromatic heterocycles. The number of hydrogen-bond acceptors (Lipinski definition) is 4. The maximum atomic E-state index is 12.5. The molecular weight excluding hydrogens is 521 g/mol. The number of carbonyl (C=O) groups is 2. The topological polar surface area (TPSA) is 88.4 Å². The number of imidazole rings is 1. The van der Waals surface area contributed by atoms with E-state index in [1.165, 1.54) is 0 Å². The largest absolute Gasteiger partial charge is 0.343 e. The van der Waals surface area contributed by atoms with Gasteiger partial charge in [0.25, 0.3) is 5.91 Å². The van der Waals surface area contributed by atoms with Crippen molar-refractivity contribution in [2.45, 2.75) is 0 Å². The number of carbonyl (C=O) groups excluding carboxylic acids is 2. The number of benzene rings is 4. The third-order valence-electron chi connectivity index (χ3n) is 6.18. The number of fused-ring (bicyclic) bond motifs is 5. The summed E-state index contributed by atoms with van der Waals surface area (Å²) >= 11 is 12.2. The standard InChI is InChI=1S/C29H19Cl2N5O2/c30-18-11-9-17(10-12-18)27-20-5-1-2-6-21(20)28-34-24-15-19(13-14-25(24)36(28)35-27)33-26(37)16-32-29(38)22-7-3-4-8-23(22)31/h1-15H,16H2,(H,32,38)(H,33,37). The highest BCUT2D eigenvalue weighted by Crippen LogP contribution is 2.32. The number of amides is 2. The highest BCUT2D eigenvalue weighted by atomic mass is 35.5. The Morgan fingerprint density at radius 2 is 1.58 bits per heavy atom. The van der Waals surface area contributed by atoms with Crippen LogP contribution in [0.4, 0.5) is 5.69 Å². The van der Waals surface area contributed by atoms with E-state index in [0.717, 1.165) is 27.5 Å². The fourth-order valence-corrected chi connectivity index (χ4v) is 4.73. The van der Waals surface area contributed by atoms with E-state index in [2.05, 4.69) is 10.6 Å². The Labute approximate surface area is 227 Å². The van der Waals surface area contributed by atoms with Crippen molar-refractivity contribution in [1.82, 2.24) is 19.9 Å². The lowest BCUT2D eigenvalue weighted by atomic mass is 10.1. The van der Waals surface area contributed by atoms with Crippen LogP contribution in [-0.2, 0) is 4.79 Å². The third kappa shape index (κ3) is 4.42. The second-order valence-electron chi connectivity index (χ2n) is 8.66. The quantitative estimate of drug-likeness (QED) is 0.266. The van der Waals surface area contributed by atoms with Crippen molar-refractivity contribution in [2.24, 2.45) is 0 Å². The molecule has 0 saturated carbocycles. The number of nitrogens with zero attached hydrogens (tertiary/aromatic N) is 3. The molecule has 9 heteroatoms. The van der Waals surface area contributed by atoms with E-state index in [-0.39, 0.29) is 12.5 Å². The van der Waals surface area contributed by atoms with Crippen LogP contribution in [-0.4, -0.2) is 33.0 Å². The molecule has 0 aliphatic heterocycles. The van der Waals surface area contributed by atoms with Gasteiger partial charge in [-0.05, 0) is 42.5 Å². The molecule has 2 N–H and O–H groups in total. The molecule has 38 heavy (non-hydrogen) atoms. The van der Waals surface area contributed by atoms with Gasteiger partial charge >= 0.3 is 0 Å². The molecule has 0 fully saturated rings. The zero-order valence-electron chi connectivity index (χ0n) is 19.8. The first kappa shape index (κ1) is 23.9. The van der Waals surface area contributed by atoms with Crippen molar-refractivity contribution in [3.63, 3.8) is 0 Å². The third-order valence-corrected chi connectivity index (χ3v) is 6.76. The van der Waals surface area contributed by atoms with E-state index in [0.29, 0.717) is 32.5 Å². The Morgan fingerprint density at radius 3 is 2.37 bits per heavy atom.